The van der Waals surface area contributed by atoms with E-state index < -0.39 is 0 Å². The van der Waals surface area contributed by atoms with Gasteiger partial charge in [0.25, 0.3) is 0 Å². The van der Waals surface area contributed by atoms with Crippen LogP contribution in [0, 0.1) is 12.3 Å². The van der Waals surface area contributed by atoms with Crippen molar-refractivity contribution >= 4 is 35.1 Å². The predicted octanol–water partition coefficient (Wildman–Crippen LogP) is 3.44. The molecule has 2 aromatic rings. The number of methoxy groups -OCH3 is 1. The number of aromatic nitrogens is 1. The normalized spacial score (nSPS) is 13.5. The summed E-state index contributed by atoms with van der Waals surface area (Å²) in [6, 6.07) is 7.00. The summed E-state index contributed by atoms with van der Waals surface area (Å²) < 4.78 is 10.8. The number of carbonyl (C=O) groups excluding carboxylic acids is 1. The van der Waals surface area contributed by atoms with Crippen molar-refractivity contribution in [2.45, 2.75) is 6.54 Å². The molecule has 0 bridgehead atoms. The van der Waals surface area contributed by atoms with E-state index in [4.69, 9.17) is 39.1 Å². The fraction of sp³-hybridized carbons (Fsp3) is 0.333. The average molecular weight is 449 g/mol. The molecule has 0 aliphatic carbocycles. The first kappa shape index (κ1) is 21.9. The van der Waals surface area contributed by atoms with Crippen LogP contribution in [-0.4, -0.2) is 55.8 Å². The summed E-state index contributed by atoms with van der Waals surface area (Å²) in [6.45, 7) is 2.89. The number of anilines is 1. The fourth-order valence-electron chi connectivity index (χ4n) is 3.11. The van der Waals surface area contributed by atoms with Crippen molar-refractivity contribution < 1.29 is 14.3 Å². The Labute approximate surface area is 185 Å². The van der Waals surface area contributed by atoms with Crippen LogP contribution in [-0.2, 0) is 6.54 Å². The first-order valence-electron chi connectivity index (χ1n) is 9.33. The number of carbonyl (C=O) groups is 1. The van der Waals surface area contributed by atoms with Crippen LogP contribution in [0.2, 0.25) is 10.0 Å². The lowest BCUT2D eigenvalue weighted by Gasteiger charge is -2.35. The van der Waals surface area contributed by atoms with E-state index in [1.807, 2.05) is 17.0 Å². The molecule has 1 N–H and O–H groups in total. The molecule has 1 saturated heterocycles. The minimum atomic E-state index is -0.133. The summed E-state index contributed by atoms with van der Waals surface area (Å²) >= 11 is 12.1. The molecule has 1 aliphatic rings. The molecule has 1 aromatic heterocycles. The summed E-state index contributed by atoms with van der Waals surface area (Å²) in [6.07, 6.45) is 6.82. The standard InChI is InChI=1S/C21H22Cl2N4O3/c1-3-10-30-19-11-15(4-5-18(19)29-2)13-25-21(28)27-8-6-26(7-9-27)20-17(23)12-16(22)14-24-20/h1,4-5,11-12,14H,6-10,13H2,2H3,(H,25,28). The lowest BCUT2D eigenvalue weighted by Crippen LogP contribution is -2.52. The summed E-state index contributed by atoms with van der Waals surface area (Å²) in [4.78, 5) is 20.7. The van der Waals surface area contributed by atoms with E-state index in [9.17, 15) is 4.79 Å². The summed E-state index contributed by atoms with van der Waals surface area (Å²) in [5.41, 5.74) is 0.881. The third-order valence-electron chi connectivity index (χ3n) is 4.64. The molecule has 7 nitrogen and oxygen atoms in total. The van der Waals surface area contributed by atoms with Crippen molar-refractivity contribution in [3.63, 3.8) is 0 Å². The van der Waals surface area contributed by atoms with Crippen LogP contribution >= 0.6 is 23.2 Å². The van der Waals surface area contributed by atoms with E-state index in [2.05, 4.69) is 16.2 Å². The maximum Gasteiger partial charge on any atom is 0.317 e. The molecule has 30 heavy (non-hydrogen) atoms. The van der Waals surface area contributed by atoms with Gasteiger partial charge in [-0.3, -0.25) is 0 Å². The first-order chi connectivity index (χ1) is 14.5. The number of nitrogens with zero attached hydrogens (tertiary/aromatic N) is 3. The Bertz CT molecular complexity index is 940. The number of nitrogens with one attached hydrogen (secondary N) is 1. The Morgan fingerprint density at radius 1 is 1.23 bits per heavy atom. The fourth-order valence-corrected chi connectivity index (χ4v) is 3.61. The molecule has 1 aliphatic heterocycles. The summed E-state index contributed by atoms with van der Waals surface area (Å²) in [5.74, 6) is 4.24. The van der Waals surface area contributed by atoms with E-state index in [1.165, 1.54) is 0 Å². The van der Waals surface area contributed by atoms with Crippen molar-refractivity contribution in [1.29, 1.82) is 0 Å². The Morgan fingerprint density at radius 2 is 2.00 bits per heavy atom. The topological polar surface area (TPSA) is 66.9 Å². The van der Waals surface area contributed by atoms with Crippen LogP contribution in [0.5, 0.6) is 11.5 Å². The maximum absolute atomic E-state index is 12.6. The zero-order valence-corrected chi connectivity index (χ0v) is 18.0. The van der Waals surface area contributed by atoms with Gasteiger partial charge in [-0.25, -0.2) is 9.78 Å². The van der Waals surface area contributed by atoms with Crippen molar-refractivity contribution in [2.24, 2.45) is 0 Å². The van der Waals surface area contributed by atoms with Gasteiger partial charge in [0.1, 0.15) is 12.4 Å². The van der Waals surface area contributed by atoms with Gasteiger partial charge in [-0.2, -0.15) is 0 Å². The highest BCUT2D eigenvalue weighted by Crippen LogP contribution is 2.28. The van der Waals surface area contributed by atoms with E-state index in [1.54, 1.807) is 30.3 Å². The zero-order valence-electron chi connectivity index (χ0n) is 16.5. The molecule has 2 heterocycles. The van der Waals surface area contributed by atoms with Crippen molar-refractivity contribution in [2.75, 3.05) is 44.8 Å². The lowest BCUT2D eigenvalue weighted by atomic mass is 10.2. The van der Waals surface area contributed by atoms with Crippen LogP contribution in [0.4, 0.5) is 10.6 Å². The monoisotopic (exact) mass is 448 g/mol. The van der Waals surface area contributed by atoms with Crippen LogP contribution < -0.4 is 19.7 Å². The van der Waals surface area contributed by atoms with Crippen LogP contribution in [0.15, 0.2) is 30.5 Å². The van der Waals surface area contributed by atoms with Gasteiger partial charge in [0, 0.05) is 38.9 Å². The lowest BCUT2D eigenvalue weighted by molar-refractivity contribution is 0.194. The minimum Gasteiger partial charge on any atom is -0.493 e. The molecule has 2 amide bonds. The summed E-state index contributed by atoms with van der Waals surface area (Å²) in [7, 11) is 1.56. The smallest absolute Gasteiger partial charge is 0.317 e. The van der Waals surface area contributed by atoms with Gasteiger partial charge in [-0.1, -0.05) is 35.2 Å². The van der Waals surface area contributed by atoms with Crippen molar-refractivity contribution in [3.05, 3.63) is 46.1 Å². The Kier molecular flexibility index (Phi) is 7.50. The Morgan fingerprint density at radius 3 is 2.67 bits per heavy atom. The molecule has 0 saturated carbocycles. The highest BCUT2D eigenvalue weighted by Gasteiger charge is 2.23. The van der Waals surface area contributed by atoms with Gasteiger partial charge in [0.15, 0.2) is 11.5 Å². The second-order valence-electron chi connectivity index (χ2n) is 6.57. The van der Waals surface area contributed by atoms with Gasteiger partial charge in [-0.15, -0.1) is 6.42 Å². The molecule has 1 fully saturated rings. The summed E-state index contributed by atoms with van der Waals surface area (Å²) in [5, 5.41) is 3.93. The zero-order chi connectivity index (χ0) is 21.5. The second-order valence-corrected chi connectivity index (χ2v) is 7.41. The predicted molar refractivity (Wildman–Crippen MR) is 118 cm³/mol. The van der Waals surface area contributed by atoms with E-state index in [-0.39, 0.29) is 12.6 Å². The molecule has 9 heteroatoms. The third-order valence-corrected chi connectivity index (χ3v) is 5.12. The average Bonchev–Trinajstić information content (AvgIpc) is 2.76. The number of benzene rings is 1. The molecule has 3 rings (SSSR count). The molecule has 1 aromatic carbocycles. The third kappa shape index (κ3) is 5.41. The van der Waals surface area contributed by atoms with Crippen molar-refractivity contribution in [1.82, 2.24) is 15.2 Å². The number of terminal acetylenes is 1. The van der Waals surface area contributed by atoms with Crippen LogP contribution in [0.3, 0.4) is 0 Å². The van der Waals surface area contributed by atoms with Gasteiger partial charge < -0.3 is 24.6 Å². The quantitative estimate of drug-likeness (QED) is 0.685. The number of ether oxygens (including phenoxy) is 2. The number of amides is 2. The van der Waals surface area contributed by atoms with Crippen molar-refractivity contribution in [3.8, 4) is 23.8 Å². The molecular weight excluding hydrogens is 427 g/mol. The van der Waals surface area contributed by atoms with Gasteiger partial charge in [-0.05, 0) is 23.8 Å². The molecule has 0 radical (unpaired) electrons. The number of halogens is 2. The molecular formula is C21H22Cl2N4O3. The minimum absolute atomic E-state index is 0.133. The second kappa shape index (κ2) is 10.3. The number of hydrogen-bond donors (Lipinski definition) is 1. The molecule has 158 valence electrons. The molecule has 0 atom stereocenters. The Balaban J connectivity index is 1.53. The number of hydrogen-bond acceptors (Lipinski definition) is 5. The highest BCUT2D eigenvalue weighted by molar-refractivity contribution is 6.36. The maximum atomic E-state index is 12.6. The van der Waals surface area contributed by atoms with Crippen LogP contribution in [0.25, 0.3) is 0 Å². The number of urea groups is 1. The Hall–Kier alpha value is -2.82. The van der Waals surface area contributed by atoms with Gasteiger partial charge in [0.05, 0.1) is 17.2 Å². The van der Waals surface area contributed by atoms with E-state index in [0.29, 0.717) is 60.1 Å². The van der Waals surface area contributed by atoms with Gasteiger partial charge in [0.2, 0.25) is 0 Å². The first-order valence-corrected chi connectivity index (χ1v) is 10.1. The molecule has 0 spiro atoms. The van der Waals surface area contributed by atoms with E-state index in [0.717, 1.165) is 5.56 Å². The van der Waals surface area contributed by atoms with Gasteiger partial charge >= 0.3 is 6.03 Å². The molecule has 0 unspecified atom stereocenters. The number of piperazine rings is 1. The number of rotatable bonds is 6. The number of pyridine rings is 1. The van der Waals surface area contributed by atoms with E-state index >= 15 is 0 Å². The highest BCUT2D eigenvalue weighted by atomic mass is 35.5. The largest absolute Gasteiger partial charge is 0.493 e. The van der Waals surface area contributed by atoms with Crippen LogP contribution in [0.1, 0.15) is 5.56 Å². The SMILES string of the molecule is C#CCOc1cc(CNC(=O)N2CCN(c3ncc(Cl)cc3Cl)CC2)ccc1OC.